The summed E-state index contributed by atoms with van der Waals surface area (Å²) in [5.74, 6) is 1.25. The van der Waals surface area contributed by atoms with Crippen LogP contribution < -0.4 is 15.0 Å². The van der Waals surface area contributed by atoms with Crippen LogP contribution in [0.4, 0.5) is 5.69 Å². The number of pyridine rings is 1. The Kier molecular flexibility index (Phi) is 5.67. The average molecular weight is 337 g/mol. The molecule has 1 aliphatic rings. The molecule has 3 rings (SSSR count). The Morgan fingerprint density at radius 3 is 3.08 bits per heavy atom. The number of anilines is 1. The lowest BCUT2D eigenvalue weighted by molar-refractivity contribution is -0.116. The highest BCUT2D eigenvalue weighted by Gasteiger charge is 2.23. The average Bonchev–Trinajstić information content (AvgIpc) is 3.15. The Morgan fingerprint density at radius 2 is 2.28 bits per heavy atom. The number of nitrogens with one attached hydrogen (secondary N) is 1. The second kappa shape index (κ2) is 8.33. The van der Waals surface area contributed by atoms with Crippen LogP contribution >= 0.6 is 0 Å². The molecule has 2 heterocycles. The summed E-state index contributed by atoms with van der Waals surface area (Å²) in [5.41, 5.74) is 1.95. The zero-order valence-electron chi connectivity index (χ0n) is 14.4. The molecule has 0 aliphatic carbocycles. The van der Waals surface area contributed by atoms with Crippen LogP contribution in [0, 0.1) is 5.92 Å². The predicted octanol–water partition coefficient (Wildman–Crippen LogP) is 2.75. The van der Waals surface area contributed by atoms with Gasteiger partial charge in [-0.3, -0.25) is 9.78 Å². The Morgan fingerprint density at radius 1 is 1.36 bits per heavy atom. The van der Waals surface area contributed by atoms with Crippen molar-refractivity contribution in [3.63, 3.8) is 0 Å². The van der Waals surface area contributed by atoms with Crippen LogP contribution in [-0.4, -0.2) is 37.6 Å². The second-order valence-electron chi connectivity index (χ2n) is 6.14. The molecule has 0 spiro atoms. The van der Waals surface area contributed by atoms with Gasteiger partial charge in [0.2, 0.25) is 5.91 Å². The number of rotatable bonds is 6. The van der Waals surface area contributed by atoms with Crippen LogP contribution in [0.3, 0.4) is 0 Å². The summed E-state index contributed by atoms with van der Waals surface area (Å²) < 4.78 is 5.29. The molecular formula is C20H23N3O2. The van der Waals surface area contributed by atoms with Crippen molar-refractivity contribution in [3.05, 3.63) is 60.4 Å². The molecule has 5 heteroatoms. The first-order valence-corrected chi connectivity index (χ1v) is 8.50. The van der Waals surface area contributed by atoms with Crippen molar-refractivity contribution in [3.8, 4) is 5.75 Å². The van der Waals surface area contributed by atoms with Crippen molar-refractivity contribution in [2.24, 2.45) is 5.92 Å². The topological polar surface area (TPSA) is 54.5 Å². The number of hydrogen-bond acceptors (Lipinski definition) is 4. The van der Waals surface area contributed by atoms with E-state index in [1.807, 2.05) is 30.3 Å². The fourth-order valence-corrected chi connectivity index (χ4v) is 2.98. The molecule has 1 fully saturated rings. The highest BCUT2D eigenvalue weighted by molar-refractivity contribution is 5.91. The summed E-state index contributed by atoms with van der Waals surface area (Å²) in [4.78, 5) is 18.5. The molecule has 0 saturated carbocycles. The first-order valence-electron chi connectivity index (χ1n) is 8.50. The standard InChI is InChI=1S/C20H23N3O2/c1-25-19-7-4-6-18(13-19)23-12-10-16(15-23)14-22-20(24)9-8-17-5-2-3-11-21-17/h2-9,11,13,16H,10,12,14-15H2,1H3,(H,22,24)/b9-8+/t16-/m0/s1. The molecule has 1 aromatic heterocycles. The molecule has 1 aromatic carbocycles. The van der Waals surface area contributed by atoms with Gasteiger partial charge in [0.15, 0.2) is 0 Å². The number of hydrogen-bond donors (Lipinski definition) is 1. The van der Waals surface area contributed by atoms with E-state index in [9.17, 15) is 4.79 Å². The van der Waals surface area contributed by atoms with Gasteiger partial charge in [0.1, 0.15) is 5.75 Å². The Bertz CT molecular complexity index is 731. The Balaban J connectivity index is 1.46. The van der Waals surface area contributed by atoms with Gasteiger partial charge in [-0.1, -0.05) is 12.1 Å². The molecular weight excluding hydrogens is 314 g/mol. The van der Waals surface area contributed by atoms with Crippen LogP contribution in [0.25, 0.3) is 6.08 Å². The van der Waals surface area contributed by atoms with Crippen molar-refractivity contribution in [1.82, 2.24) is 10.3 Å². The second-order valence-corrected chi connectivity index (χ2v) is 6.14. The summed E-state index contributed by atoms with van der Waals surface area (Å²) >= 11 is 0. The zero-order valence-corrected chi connectivity index (χ0v) is 14.4. The maximum atomic E-state index is 12.0. The number of amides is 1. The normalized spacial score (nSPS) is 17.0. The van der Waals surface area contributed by atoms with Crippen molar-refractivity contribution in [2.45, 2.75) is 6.42 Å². The zero-order chi connectivity index (χ0) is 17.5. The van der Waals surface area contributed by atoms with E-state index in [0.29, 0.717) is 12.5 Å². The van der Waals surface area contributed by atoms with E-state index >= 15 is 0 Å². The van der Waals surface area contributed by atoms with E-state index in [4.69, 9.17) is 4.74 Å². The summed E-state index contributed by atoms with van der Waals surface area (Å²) in [5, 5.41) is 2.98. The summed E-state index contributed by atoms with van der Waals surface area (Å²) in [6, 6.07) is 13.7. The van der Waals surface area contributed by atoms with Crippen molar-refractivity contribution < 1.29 is 9.53 Å². The van der Waals surface area contributed by atoms with Crippen LogP contribution in [-0.2, 0) is 4.79 Å². The number of nitrogens with zero attached hydrogens (tertiary/aromatic N) is 2. The minimum atomic E-state index is -0.0783. The molecule has 2 aromatic rings. The highest BCUT2D eigenvalue weighted by Crippen LogP contribution is 2.26. The lowest BCUT2D eigenvalue weighted by Gasteiger charge is -2.19. The van der Waals surface area contributed by atoms with E-state index in [0.717, 1.165) is 31.0 Å². The minimum absolute atomic E-state index is 0.0783. The van der Waals surface area contributed by atoms with Gasteiger partial charge < -0.3 is 15.0 Å². The Hall–Kier alpha value is -2.82. The monoisotopic (exact) mass is 337 g/mol. The molecule has 130 valence electrons. The smallest absolute Gasteiger partial charge is 0.244 e. The fourth-order valence-electron chi connectivity index (χ4n) is 2.98. The molecule has 1 N–H and O–H groups in total. The Labute approximate surface area is 148 Å². The van der Waals surface area contributed by atoms with Crippen molar-refractivity contribution in [1.29, 1.82) is 0 Å². The number of methoxy groups -OCH3 is 1. The highest BCUT2D eigenvalue weighted by atomic mass is 16.5. The van der Waals surface area contributed by atoms with Crippen molar-refractivity contribution >= 4 is 17.7 Å². The van der Waals surface area contributed by atoms with Gasteiger partial charge in [-0.15, -0.1) is 0 Å². The van der Waals surface area contributed by atoms with Gasteiger partial charge in [0.25, 0.3) is 0 Å². The van der Waals surface area contributed by atoms with Gasteiger partial charge in [0, 0.05) is 43.7 Å². The molecule has 25 heavy (non-hydrogen) atoms. The number of benzene rings is 1. The third-order valence-corrected chi connectivity index (χ3v) is 4.36. The van der Waals surface area contributed by atoms with Crippen LogP contribution in [0.5, 0.6) is 5.75 Å². The number of carbonyl (C=O) groups is 1. The van der Waals surface area contributed by atoms with Gasteiger partial charge in [-0.05, 0) is 42.7 Å². The molecule has 0 unspecified atom stereocenters. The lowest BCUT2D eigenvalue weighted by atomic mass is 10.1. The van der Waals surface area contributed by atoms with Crippen LogP contribution in [0.2, 0.25) is 0 Å². The maximum Gasteiger partial charge on any atom is 0.244 e. The van der Waals surface area contributed by atoms with E-state index in [1.54, 1.807) is 19.4 Å². The predicted molar refractivity (Wildman–Crippen MR) is 99.6 cm³/mol. The molecule has 1 saturated heterocycles. The van der Waals surface area contributed by atoms with E-state index in [1.165, 1.54) is 11.8 Å². The van der Waals surface area contributed by atoms with E-state index in [2.05, 4.69) is 27.3 Å². The van der Waals surface area contributed by atoms with Gasteiger partial charge in [-0.25, -0.2) is 0 Å². The van der Waals surface area contributed by atoms with Gasteiger partial charge in [0.05, 0.1) is 12.8 Å². The minimum Gasteiger partial charge on any atom is -0.497 e. The first kappa shape index (κ1) is 17.0. The van der Waals surface area contributed by atoms with Crippen LogP contribution in [0.1, 0.15) is 12.1 Å². The lowest BCUT2D eigenvalue weighted by Crippen LogP contribution is -2.29. The maximum absolute atomic E-state index is 12.0. The third-order valence-electron chi connectivity index (χ3n) is 4.36. The fraction of sp³-hybridized carbons (Fsp3) is 0.300. The number of aromatic nitrogens is 1. The largest absolute Gasteiger partial charge is 0.497 e. The summed E-state index contributed by atoms with van der Waals surface area (Å²) in [6.45, 7) is 2.63. The van der Waals surface area contributed by atoms with Crippen molar-refractivity contribution in [2.75, 3.05) is 31.6 Å². The first-order chi connectivity index (χ1) is 12.2. The number of ether oxygens (including phenoxy) is 1. The third kappa shape index (κ3) is 4.83. The van der Waals surface area contributed by atoms with Gasteiger partial charge >= 0.3 is 0 Å². The molecule has 5 nitrogen and oxygen atoms in total. The van der Waals surface area contributed by atoms with Gasteiger partial charge in [-0.2, -0.15) is 0 Å². The van der Waals surface area contributed by atoms with E-state index in [-0.39, 0.29) is 5.91 Å². The molecule has 0 radical (unpaired) electrons. The SMILES string of the molecule is COc1cccc(N2CC[C@@H](CNC(=O)/C=C/c3ccccn3)C2)c1. The summed E-state index contributed by atoms with van der Waals surface area (Å²) in [6.07, 6.45) is 6.05. The summed E-state index contributed by atoms with van der Waals surface area (Å²) in [7, 11) is 1.68. The molecule has 1 aliphatic heterocycles. The number of carbonyl (C=O) groups excluding carboxylic acids is 1. The quantitative estimate of drug-likeness (QED) is 0.824. The van der Waals surface area contributed by atoms with E-state index < -0.39 is 0 Å². The molecule has 1 amide bonds. The molecule has 1 atom stereocenters. The van der Waals surface area contributed by atoms with Crippen LogP contribution in [0.15, 0.2) is 54.7 Å². The molecule has 0 bridgehead atoms.